The number of aromatic nitrogens is 3. The van der Waals surface area contributed by atoms with Crippen LogP contribution in [0.15, 0.2) is 12.3 Å². The first-order valence-corrected chi connectivity index (χ1v) is 14.0. The second-order valence-electron chi connectivity index (χ2n) is 9.22. The summed E-state index contributed by atoms with van der Waals surface area (Å²) in [5.41, 5.74) is 0.696. The summed E-state index contributed by atoms with van der Waals surface area (Å²) in [4.78, 5) is 30.1. The van der Waals surface area contributed by atoms with Gasteiger partial charge in [-0.1, -0.05) is 26.7 Å². The highest BCUT2D eigenvalue weighted by molar-refractivity contribution is 7.52. The molecule has 0 aromatic carbocycles. The van der Waals surface area contributed by atoms with Crippen molar-refractivity contribution in [1.82, 2.24) is 14.5 Å². The molecule has 0 spiro atoms. The maximum absolute atomic E-state index is 12.1. The fourth-order valence-electron chi connectivity index (χ4n) is 4.30. The number of esters is 1. The van der Waals surface area contributed by atoms with Crippen LogP contribution in [0.2, 0.25) is 5.28 Å². The Morgan fingerprint density at radius 1 is 1.31 bits per heavy atom. The average Bonchev–Trinajstić information content (AvgIpc) is 3.54. The Bertz CT molecular complexity index is 1080. The monoisotopic (exact) mass is 530 g/mol. The van der Waals surface area contributed by atoms with Crippen molar-refractivity contribution in [3.8, 4) is 0 Å². The highest BCUT2D eigenvalue weighted by atomic mass is 35.5. The molecule has 2 aromatic heterocycles. The van der Waals surface area contributed by atoms with E-state index in [1.165, 1.54) is 12.8 Å². The van der Waals surface area contributed by atoms with Crippen LogP contribution in [0, 0.1) is 5.92 Å². The molecule has 2 aliphatic rings. The van der Waals surface area contributed by atoms with Crippen molar-refractivity contribution in [2.24, 2.45) is 5.92 Å². The third-order valence-corrected chi connectivity index (χ3v) is 7.31. The fraction of sp³-hybridized carbons (Fsp3) is 0.682. The van der Waals surface area contributed by atoms with Crippen LogP contribution in [0.1, 0.15) is 58.6 Å². The maximum atomic E-state index is 12.1. The summed E-state index contributed by atoms with van der Waals surface area (Å²) in [7, 11) is -4.05. The number of fused-ring (bicyclic) bond motifs is 1. The lowest BCUT2D eigenvalue weighted by Gasteiger charge is -2.18. The Balaban J connectivity index is 1.29. The van der Waals surface area contributed by atoms with E-state index in [9.17, 15) is 14.3 Å². The van der Waals surface area contributed by atoms with Crippen molar-refractivity contribution in [2.45, 2.75) is 70.7 Å². The second kappa shape index (κ2) is 11.5. The highest BCUT2D eigenvalue weighted by Crippen LogP contribution is 2.42. The zero-order valence-corrected chi connectivity index (χ0v) is 21.5. The van der Waals surface area contributed by atoms with Gasteiger partial charge in [0, 0.05) is 12.2 Å². The highest BCUT2D eigenvalue weighted by Gasteiger charge is 2.30. The van der Waals surface area contributed by atoms with Crippen molar-refractivity contribution in [3.63, 3.8) is 0 Å². The molecule has 2 N–H and O–H groups in total. The first-order valence-electron chi connectivity index (χ1n) is 11.9. The molecule has 1 saturated carbocycles. The standard InChI is InChI=1S/C22H32ClN4O7P/c1-14(2)21(28)32-12-33-35(29,30)13-31-11-16-7-8-18(34-16)27-10-9-17-19(24-15-5-3-4-6-15)25-22(23)26-20(17)27/h9-10,14-16,18H,3-8,11-13H2,1-2H3,(H,29,30)(H,24,25,26)/t16-,18+/m0/s1. The quantitative estimate of drug-likeness (QED) is 0.186. The molecule has 1 aliphatic carbocycles. The van der Waals surface area contributed by atoms with E-state index in [0.29, 0.717) is 18.1 Å². The van der Waals surface area contributed by atoms with Crippen LogP contribution in [-0.4, -0.2) is 57.3 Å². The minimum Gasteiger partial charge on any atom is -0.438 e. The Labute approximate surface area is 209 Å². The summed E-state index contributed by atoms with van der Waals surface area (Å²) in [6, 6.07) is 2.35. The molecule has 1 aliphatic heterocycles. The van der Waals surface area contributed by atoms with E-state index in [-0.39, 0.29) is 30.1 Å². The normalized spacial score (nSPS) is 22.7. The third kappa shape index (κ3) is 6.93. The van der Waals surface area contributed by atoms with Crippen LogP contribution in [0.3, 0.4) is 0 Å². The number of nitrogens with one attached hydrogen (secondary N) is 1. The van der Waals surface area contributed by atoms with Crippen molar-refractivity contribution in [3.05, 3.63) is 17.5 Å². The van der Waals surface area contributed by atoms with E-state index in [0.717, 1.165) is 30.5 Å². The summed E-state index contributed by atoms with van der Waals surface area (Å²) in [6.07, 6.45) is 6.95. The van der Waals surface area contributed by atoms with Crippen LogP contribution in [-0.2, 0) is 28.1 Å². The summed E-state index contributed by atoms with van der Waals surface area (Å²) in [5, 5.41) is 4.57. The molecule has 1 saturated heterocycles. The van der Waals surface area contributed by atoms with Gasteiger partial charge in [-0.25, -0.2) is 4.98 Å². The minimum absolute atomic E-state index is 0.125. The number of carbonyl (C=O) groups excluding carboxylic acids is 1. The number of carbonyl (C=O) groups is 1. The third-order valence-electron chi connectivity index (χ3n) is 6.12. The first kappa shape index (κ1) is 26.3. The number of halogens is 1. The van der Waals surface area contributed by atoms with E-state index >= 15 is 0 Å². The first-order chi connectivity index (χ1) is 16.7. The van der Waals surface area contributed by atoms with Gasteiger partial charge in [-0.2, -0.15) is 4.98 Å². The Morgan fingerprint density at radius 3 is 2.83 bits per heavy atom. The largest absolute Gasteiger partial charge is 0.438 e. The number of nitrogens with zero attached hydrogens (tertiary/aromatic N) is 3. The van der Waals surface area contributed by atoms with Crippen LogP contribution < -0.4 is 5.32 Å². The molecular weight excluding hydrogens is 499 g/mol. The lowest BCUT2D eigenvalue weighted by molar-refractivity contribution is -0.154. The lowest BCUT2D eigenvalue weighted by atomic mass is 10.2. The predicted octanol–water partition coefficient (Wildman–Crippen LogP) is 4.45. The molecule has 0 bridgehead atoms. The SMILES string of the molecule is CC(C)C(=O)OCOP(=O)(O)COC[C@@H]1CC[C@H](n2ccc3c(NC4CCCC4)nc(Cl)nc32)O1. The lowest BCUT2D eigenvalue weighted by Crippen LogP contribution is -2.18. The molecule has 3 atom stereocenters. The maximum Gasteiger partial charge on any atom is 0.356 e. The molecule has 0 amide bonds. The summed E-state index contributed by atoms with van der Waals surface area (Å²) < 4.78 is 35.0. The van der Waals surface area contributed by atoms with E-state index in [2.05, 4.69) is 15.3 Å². The van der Waals surface area contributed by atoms with Gasteiger partial charge in [-0.15, -0.1) is 0 Å². The summed E-state index contributed by atoms with van der Waals surface area (Å²) >= 11 is 6.23. The number of ether oxygens (including phenoxy) is 3. The Kier molecular flexibility index (Phi) is 8.67. The molecule has 2 fully saturated rings. The zero-order valence-electron chi connectivity index (χ0n) is 19.9. The number of hydrogen-bond donors (Lipinski definition) is 2. The molecule has 4 rings (SSSR count). The van der Waals surface area contributed by atoms with Crippen LogP contribution in [0.4, 0.5) is 5.82 Å². The van der Waals surface area contributed by atoms with E-state index in [1.807, 2.05) is 16.8 Å². The van der Waals surface area contributed by atoms with Gasteiger partial charge in [0.15, 0.2) is 0 Å². The molecule has 1 unspecified atom stereocenters. The molecule has 11 nitrogen and oxygen atoms in total. The van der Waals surface area contributed by atoms with Crippen LogP contribution in [0.25, 0.3) is 11.0 Å². The van der Waals surface area contributed by atoms with Gasteiger partial charge in [0.25, 0.3) is 0 Å². The topological polar surface area (TPSA) is 134 Å². The smallest absolute Gasteiger partial charge is 0.356 e. The predicted molar refractivity (Wildman–Crippen MR) is 129 cm³/mol. The van der Waals surface area contributed by atoms with Crippen molar-refractivity contribution < 1.29 is 33.0 Å². The summed E-state index contributed by atoms with van der Waals surface area (Å²) in [5.74, 6) is -0.126. The van der Waals surface area contributed by atoms with Crippen molar-refractivity contribution in [2.75, 3.05) is 25.1 Å². The summed E-state index contributed by atoms with van der Waals surface area (Å²) in [6.45, 7) is 2.84. The average molecular weight is 531 g/mol. The van der Waals surface area contributed by atoms with E-state index < -0.39 is 26.7 Å². The molecule has 194 valence electrons. The second-order valence-corrected chi connectivity index (χ2v) is 11.3. The van der Waals surface area contributed by atoms with E-state index in [1.54, 1.807) is 13.8 Å². The molecule has 35 heavy (non-hydrogen) atoms. The Morgan fingerprint density at radius 2 is 2.09 bits per heavy atom. The van der Waals surface area contributed by atoms with Crippen molar-refractivity contribution in [1.29, 1.82) is 0 Å². The number of anilines is 1. The Hall–Kier alpha value is -1.75. The van der Waals surface area contributed by atoms with Gasteiger partial charge >= 0.3 is 13.6 Å². The van der Waals surface area contributed by atoms with Gasteiger partial charge < -0.3 is 29.0 Å². The fourth-order valence-corrected chi connectivity index (χ4v) is 5.09. The minimum atomic E-state index is -4.05. The molecule has 2 aromatic rings. The number of hydrogen-bond acceptors (Lipinski definition) is 9. The van der Waals surface area contributed by atoms with Gasteiger partial charge in [-0.05, 0) is 43.4 Å². The van der Waals surface area contributed by atoms with E-state index in [4.69, 9.17) is 30.3 Å². The van der Waals surface area contributed by atoms with Gasteiger partial charge in [-0.3, -0.25) is 13.9 Å². The zero-order chi connectivity index (χ0) is 25.0. The van der Waals surface area contributed by atoms with Crippen LogP contribution >= 0.6 is 19.2 Å². The molecule has 13 heteroatoms. The molecule has 3 heterocycles. The van der Waals surface area contributed by atoms with Crippen molar-refractivity contribution >= 4 is 42.0 Å². The number of rotatable bonds is 11. The molecule has 0 radical (unpaired) electrons. The molecular formula is C22H32ClN4O7P. The van der Waals surface area contributed by atoms with Gasteiger partial charge in [0.05, 0.1) is 24.0 Å². The van der Waals surface area contributed by atoms with Crippen LogP contribution in [0.5, 0.6) is 0 Å². The van der Waals surface area contributed by atoms with Gasteiger partial charge in [0.2, 0.25) is 12.1 Å². The van der Waals surface area contributed by atoms with Gasteiger partial charge in [0.1, 0.15) is 24.0 Å².